The van der Waals surface area contributed by atoms with Crippen molar-refractivity contribution >= 4 is 34.3 Å². The van der Waals surface area contributed by atoms with Crippen LogP contribution in [0.4, 0.5) is 4.39 Å². The van der Waals surface area contributed by atoms with Crippen LogP contribution in [0.2, 0.25) is 5.02 Å². The van der Waals surface area contributed by atoms with E-state index in [0.717, 1.165) is 37.7 Å². The fourth-order valence-corrected chi connectivity index (χ4v) is 6.96. The highest BCUT2D eigenvalue weighted by Crippen LogP contribution is 2.42. The summed E-state index contributed by atoms with van der Waals surface area (Å²) in [6, 6.07) is 5.46. The summed E-state index contributed by atoms with van der Waals surface area (Å²) in [7, 11) is 1.59. The Kier molecular flexibility index (Phi) is 8.77. The number of thioether (sulfide) groups is 1. The van der Waals surface area contributed by atoms with Gasteiger partial charge >= 0.3 is 0 Å². The second kappa shape index (κ2) is 11.6. The van der Waals surface area contributed by atoms with Gasteiger partial charge in [0.15, 0.2) is 0 Å². The molecule has 2 aliphatic rings. The molecule has 4 nitrogen and oxygen atoms in total. The summed E-state index contributed by atoms with van der Waals surface area (Å²) < 4.78 is 20.9. The Bertz CT molecular complexity index is 917. The molecule has 1 aliphatic heterocycles. The van der Waals surface area contributed by atoms with Crippen molar-refractivity contribution < 1.29 is 14.2 Å². The first-order valence-electron chi connectivity index (χ1n) is 12.2. The first kappa shape index (κ1) is 25.0. The Morgan fingerprint density at radius 2 is 2.06 bits per heavy atom. The number of likely N-dealkylation sites (tertiary alicyclic amines) is 1. The molecular weight excluding hydrogens is 459 g/mol. The predicted octanol–water partition coefficient (Wildman–Crippen LogP) is 6.44. The van der Waals surface area contributed by atoms with Gasteiger partial charge < -0.3 is 14.7 Å². The second-order valence-corrected chi connectivity index (χ2v) is 11.5. The van der Waals surface area contributed by atoms with Crippen molar-refractivity contribution in [2.75, 3.05) is 39.1 Å². The average Bonchev–Trinajstić information content (AvgIpc) is 3.36. The van der Waals surface area contributed by atoms with Gasteiger partial charge in [-0.05, 0) is 75.2 Å². The van der Waals surface area contributed by atoms with Gasteiger partial charge in [-0.3, -0.25) is 4.98 Å². The highest BCUT2D eigenvalue weighted by Gasteiger charge is 2.35. The number of alkyl halides is 1. The van der Waals surface area contributed by atoms with E-state index >= 15 is 4.39 Å². The number of aliphatic hydroxyl groups is 1. The fourth-order valence-electron chi connectivity index (χ4n) is 5.33. The highest BCUT2D eigenvalue weighted by molar-refractivity contribution is 7.99. The molecular formula is C26H36ClFN2O2S. The zero-order valence-corrected chi connectivity index (χ0v) is 21.1. The van der Waals surface area contributed by atoms with Gasteiger partial charge in [-0.2, -0.15) is 11.8 Å². The lowest BCUT2D eigenvalue weighted by Gasteiger charge is -2.41. The number of rotatable bonds is 10. The Balaban J connectivity index is 1.33. The molecule has 2 aromatic rings. The van der Waals surface area contributed by atoms with Crippen LogP contribution >= 0.6 is 23.4 Å². The number of aromatic nitrogens is 1. The maximum absolute atomic E-state index is 15.6. The molecule has 4 rings (SSSR count). The van der Waals surface area contributed by atoms with Crippen LogP contribution in [-0.4, -0.2) is 59.3 Å². The number of hydrogen-bond donors (Lipinski definition) is 1. The Morgan fingerprint density at radius 3 is 2.76 bits per heavy atom. The lowest BCUT2D eigenvalue weighted by Crippen LogP contribution is -2.43. The molecule has 0 bridgehead atoms. The minimum atomic E-state index is -1.21. The van der Waals surface area contributed by atoms with E-state index in [1.807, 2.05) is 12.1 Å². The zero-order chi connectivity index (χ0) is 23.3. The molecule has 1 aromatic heterocycles. The first-order valence-corrected chi connectivity index (χ1v) is 13.7. The van der Waals surface area contributed by atoms with Crippen molar-refractivity contribution in [3.63, 3.8) is 0 Å². The van der Waals surface area contributed by atoms with Crippen LogP contribution in [-0.2, 0) is 0 Å². The number of aliphatic hydroxyl groups excluding tert-OH is 1. The van der Waals surface area contributed by atoms with Gasteiger partial charge in [-0.1, -0.05) is 24.4 Å². The van der Waals surface area contributed by atoms with E-state index in [1.165, 1.54) is 37.6 Å². The molecule has 1 N–H and O–H groups in total. The van der Waals surface area contributed by atoms with E-state index in [9.17, 15) is 5.11 Å². The molecule has 1 aromatic carbocycles. The van der Waals surface area contributed by atoms with Gasteiger partial charge in [-0.15, -0.1) is 0 Å². The van der Waals surface area contributed by atoms with Crippen molar-refractivity contribution in [3.8, 4) is 5.75 Å². The lowest BCUT2D eigenvalue weighted by molar-refractivity contribution is 0.0323. The molecule has 0 spiro atoms. The monoisotopic (exact) mass is 494 g/mol. The summed E-state index contributed by atoms with van der Waals surface area (Å²) in [5.74, 6) is 1.85. The van der Waals surface area contributed by atoms with Gasteiger partial charge in [0, 0.05) is 41.3 Å². The number of piperidine rings is 1. The largest absolute Gasteiger partial charge is 0.497 e. The Morgan fingerprint density at radius 1 is 1.30 bits per heavy atom. The Hall–Kier alpha value is -1.08. The number of nitrogens with zero attached hydrogens (tertiary/aromatic N) is 2. The second-order valence-electron chi connectivity index (χ2n) is 9.69. The quantitative estimate of drug-likeness (QED) is 0.412. The third-order valence-electron chi connectivity index (χ3n) is 7.62. The SMILES string of the molecule is COc1ccc2ncc(Cl)c([C@H](F)CCC3(CO)CCN(CCSC4CCCC4)CC3)c2c1. The number of pyridine rings is 1. The third kappa shape index (κ3) is 6.14. The van der Waals surface area contributed by atoms with Crippen LogP contribution < -0.4 is 4.74 Å². The van der Waals surface area contributed by atoms with E-state index in [1.54, 1.807) is 13.2 Å². The van der Waals surface area contributed by atoms with E-state index in [2.05, 4.69) is 21.6 Å². The summed E-state index contributed by atoms with van der Waals surface area (Å²) >= 11 is 8.53. The smallest absolute Gasteiger partial charge is 0.127 e. The summed E-state index contributed by atoms with van der Waals surface area (Å²) in [4.78, 5) is 6.85. The van der Waals surface area contributed by atoms with Crippen LogP contribution in [0, 0.1) is 5.41 Å². The number of methoxy groups -OCH3 is 1. The molecule has 182 valence electrons. The van der Waals surface area contributed by atoms with Crippen LogP contribution in [0.3, 0.4) is 0 Å². The highest BCUT2D eigenvalue weighted by atomic mass is 35.5. The molecule has 0 amide bonds. The molecule has 1 atom stereocenters. The first-order chi connectivity index (χ1) is 16.0. The molecule has 1 saturated carbocycles. The fraction of sp³-hybridized carbons (Fsp3) is 0.654. The molecule has 2 heterocycles. The minimum Gasteiger partial charge on any atom is -0.497 e. The number of hydrogen-bond acceptors (Lipinski definition) is 5. The maximum Gasteiger partial charge on any atom is 0.127 e. The van der Waals surface area contributed by atoms with Crippen molar-refractivity contribution in [1.82, 2.24) is 9.88 Å². The summed E-state index contributed by atoms with van der Waals surface area (Å²) in [5, 5.41) is 12.1. The molecule has 2 fully saturated rings. The topological polar surface area (TPSA) is 45.6 Å². The van der Waals surface area contributed by atoms with Crippen molar-refractivity contribution in [1.29, 1.82) is 0 Å². The maximum atomic E-state index is 15.6. The lowest BCUT2D eigenvalue weighted by atomic mass is 9.74. The number of benzene rings is 1. The molecule has 1 saturated heterocycles. The van der Waals surface area contributed by atoms with Gasteiger partial charge in [0.1, 0.15) is 11.9 Å². The molecule has 1 aliphatic carbocycles. The van der Waals surface area contributed by atoms with E-state index in [0.29, 0.717) is 40.1 Å². The molecule has 0 unspecified atom stereocenters. The van der Waals surface area contributed by atoms with Crippen LogP contribution in [0.15, 0.2) is 24.4 Å². The van der Waals surface area contributed by atoms with Gasteiger partial charge in [0.05, 0.1) is 17.6 Å². The van der Waals surface area contributed by atoms with E-state index in [4.69, 9.17) is 16.3 Å². The van der Waals surface area contributed by atoms with E-state index in [-0.39, 0.29) is 12.0 Å². The standard InChI is InChI=1S/C26H36ClFN2O2S/c1-32-19-6-7-24-21(16-19)25(22(27)17-29-24)23(28)8-9-26(18-31)10-12-30(13-11-26)14-15-33-20-4-2-3-5-20/h6-7,16-17,20,23,31H,2-5,8-15,18H2,1H3/t23-/m1/s1. The van der Waals surface area contributed by atoms with Gasteiger partial charge in [0.25, 0.3) is 0 Å². The summed E-state index contributed by atoms with van der Waals surface area (Å²) in [5.41, 5.74) is 0.987. The average molecular weight is 495 g/mol. The van der Waals surface area contributed by atoms with Gasteiger partial charge in [-0.25, -0.2) is 4.39 Å². The molecule has 0 radical (unpaired) electrons. The van der Waals surface area contributed by atoms with Crippen molar-refractivity contribution in [3.05, 3.63) is 35.0 Å². The molecule has 7 heteroatoms. The van der Waals surface area contributed by atoms with Crippen LogP contribution in [0.5, 0.6) is 5.75 Å². The normalized spacial score (nSPS) is 20.4. The molecule has 33 heavy (non-hydrogen) atoms. The van der Waals surface area contributed by atoms with E-state index < -0.39 is 6.17 Å². The number of halogens is 2. The number of fused-ring (bicyclic) bond motifs is 1. The van der Waals surface area contributed by atoms with Crippen molar-refractivity contribution in [2.24, 2.45) is 5.41 Å². The summed E-state index contributed by atoms with van der Waals surface area (Å²) in [6.07, 6.45) is 8.70. The van der Waals surface area contributed by atoms with Crippen LogP contribution in [0.25, 0.3) is 10.9 Å². The number of ether oxygens (including phenoxy) is 1. The zero-order valence-electron chi connectivity index (χ0n) is 19.6. The Labute approximate surface area is 206 Å². The minimum absolute atomic E-state index is 0.114. The van der Waals surface area contributed by atoms with Crippen molar-refractivity contribution in [2.45, 2.75) is 62.8 Å². The third-order valence-corrected chi connectivity index (χ3v) is 9.29. The predicted molar refractivity (Wildman–Crippen MR) is 136 cm³/mol. The van der Waals surface area contributed by atoms with Gasteiger partial charge in [0.2, 0.25) is 0 Å². The summed E-state index contributed by atoms with van der Waals surface area (Å²) in [6.45, 7) is 3.20. The van der Waals surface area contributed by atoms with Crippen LogP contribution in [0.1, 0.15) is 63.1 Å².